The SMILES string of the molecule is O=C(Nc1ncco1)OC1c2ccccc2Oc2ccccc21. The van der Waals surface area contributed by atoms with Crippen molar-refractivity contribution in [2.24, 2.45) is 0 Å². The number of amides is 1. The molecule has 0 saturated carbocycles. The maximum Gasteiger partial charge on any atom is 0.416 e. The first kappa shape index (κ1) is 13.4. The molecule has 1 N–H and O–H groups in total. The van der Waals surface area contributed by atoms with Crippen molar-refractivity contribution < 1.29 is 18.7 Å². The van der Waals surface area contributed by atoms with Gasteiger partial charge in [0.05, 0.1) is 6.20 Å². The minimum Gasteiger partial charge on any atom is -0.456 e. The number of para-hydroxylation sites is 2. The van der Waals surface area contributed by atoms with E-state index in [9.17, 15) is 4.79 Å². The maximum absolute atomic E-state index is 12.1. The number of ether oxygens (including phenoxy) is 2. The van der Waals surface area contributed by atoms with Crippen LogP contribution in [-0.2, 0) is 4.74 Å². The Labute approximate surface area is 131 Å². The van der Waals surface area contributed by atoms with Crippen LogP contribution in [-0.4, -0.2) is 11.1 Å². The van der Waals surface area contributed by atoms with Crippen molar-refractivity contribution in [3.63, 3.8) is 0 Å². The predicted molar refractivity (Wildman–Crippen MR) is 81.4 cm³/mol. The van der Waals surface area contributed by atoms with Gasteiger partial charge in [-0.1, -0.05) is 36.4 Å². The zero-order chi connectivity index (χ0) is 15.6. The van der Waals surface area contributed by atoms with Gasteiger partial charge in [0.15, 0.2) is 6.10 Å². The molecule has 3 aromatic rings. The number of anilines is 1. The second kappa shape index (κ2) is 5.49. The zero-order valence-electron chi connectivity index (χ0n) is 11.9. The highest BCUT2D eigenvalue weighted by molar-refractivity contribution is 5.82. The van der Waals surface area contributed by atoms with E-state index in [1.807, 2.05) is 48.5 Å². The standard InChI is InChI=1S/C17H12N2O4/c20-17(19-16-18-9-10-21-16)23-15-11-5-1-3-7-13(11)22-14-8-4-2-6-12(14)15/h1-10,15H,(H,18,19,20). The second-order valence-electron chi connectivity index (χ2n) is 4.93. The third-order valence-corrected chi connectivity index (χ3v) is 3.49. The monoisotopic (exact) mass is 308 g/mol. The number of benzene rings is 2. The van der Waals surface area contributed by atoms with Crippen LogP contribution in [0.4, 0.5) is 10.8 Å². The fraction of sp³-hybridized carbons (Fsp3) is 0.0588. The molecule has 1 aliphatic rings. The number of nitrogens with one attached hydrogen (secondary N) is 1. The summed E-state index contributed by atoms with van der Waals surface area (Å²) in [5, 5.41) is 2.45. The number of nitrogens with zero attached hydrogens (tertiary/aromatic N) is 1. The number of carbonyl (C=O) groups excluding carboxylic acids is 1. The molecule has 4 rings (SSSR count). The maximum atomic E-state index is 12.1. The third-order valence-electron chi connectivity index (χ3n) is 3.49. The molecule has 0 aliphatic carbocycles. The zero-order valence-corrected chi connectivity index (χ0v) is 11.9. The molecule has 1 aliphatic heterocycles. The summed E-state index contributed by atoms with van der Waals surface area (Å²) in [5.41, 5.74) is 1.57. The topological polar surface area (TPSA) is 73.6 Å². The van der Waals surface area contributed by atoms with E-state index in [-0.39, 0.29) is 6.01 Å². The molecule has 6 heteroatoms. The van der Waals surface area contributed by atoms with Gasteiger partial charge in [0.25, 0.3) is 0 Å². The van der Waals surface area contributed by atoms with Crippen molar-refractivity contribution in [2.45, 2.75) is 6.10 Å². The summed E-state index contributed by atoms with van der Waals surface area (Å²) >= 11 is 0. The molecule has 6 nitrogen and oxygen atoms in total. The van der Waals surface area contributed by atoms with Crippen LogP contribution >= 0.6 is 0 Å². The first-order valence-electron chi connectivity index (χ1n) is 7.04. The van der Waals surface area contributed by atoms with Crippen molar-refractivity contribution in [2.75, 3.05) is 5.32 Å². The first-order chi connectivity index (χ1) is 11.3. The average molecular weight is 308 g/mol. The highest BCUT2D eigenvalue weighted by Crippen LogP contribution is 2.44. The van der Waals surface area contributed by atoms with E-state index in [0.717, 1.165) is 11.1 Å². The summed E-state index contributed by atoms with van der Waals surface area (Å²) < 4.78 is 16.4. The summed E-state index contributed by atoms with van der Waals surface area (Å²) in [4.78, 5) is 16.0. The molecule has 0 saturated heterocycles. The van der Waals surface area contributed by atoms with Gasteiger partial charge < -0.3 is 13.9 Å². The van der Waals surface area contributed by atoms with Gasteiger partial charge in [0.2, 0.25) is 0 Å². The van der Waals surface area contributed by atoms with Gasteiger partial charge in [0.1, 0.15) is 17.8 Å². The lowest BCUT2D eigenvalue weighted by atomic mass is 9.97. The Hall–Kier alpha value is -3.28. The number of hydrogen-bond acceptors (Lipinski definition) is 5. The van der Waals surface area contributed by atoms with E-state index in [2.05, 4.69) is 10.3 Å². The fourth-order valence-corrected chi connectivity index (χ4v) is 2.50. The average Bonchev–Trinajstić information content (AvgIpc) is 3.07. The van der Waals surface area contributed by atoms with E-state index in [1.165, 1.54) is 12.5 Å². The lowest BCUT2D eigenvalue weighted by molar-refractivity contribution is 0.124. The van der Waals surface area contributed by atoms with E-state index >= 15 is 0 Å². The van der Waals surface area contributed by atoms with Gasteiger partial charge in [-0.2, -0.15) is 0 Å². The van der Waals surface area contributed by atoms with Gasteiger partial charge in [-0.25, -0.2) is 15.1 Å². The molecule has 0 unspecified atom stereocenters. The van der Waals surface area contributed by atoms with Gasteiger partial charge in [-0.15, -0.1) is 0 Å². The van der Waals surface area contributed by atoms with Gasteiger partial charge in [-0.05, 0) is 12.1 Å². The number of carbonyl (C=O) groups is 1. The normalized spacial score (nSPS) is 12.7. The van der Waals surface area contributed by atoms with Gasteiger partial charge >= 0.3 is 12.1 Å². The molecule has 2 aromatic carbocycles. The molecular weight excluding hydrogens is 296 g/mol. The van der Waals surface area contributed by atoms with Crippen molar-refractivity contribution in [3.8, 4) is 11.5 Å². The lowest BCUT2D eigenvalue weighted by Gasteiger charge is -2.27. The minimum absolute atomic E-state index is 0.0867. The number of fused-ring (bicyclic) bond motifs is 2. The van der Waals surface area contributed by atoms with Gasteiger partial charge in [-0.3, -0.25) is 0 Å². The Balaban J connectivity index is 1.66. The van der Waals surface area contributed by atoms with Crippen LogP contribution in [0.15, 0.2) is 65.4 Å². The van der Waals surface area contributed by atoms with Crippen LogP contribution in [0.2, 0.25) is 0 Å². The number of hydrogen-bond donors (Lipinski definition) is 1. The van der Waals surface area contributed by atoms with E-state index in [0.29, 0.717) is 11.5 Å². The van der Waals surface area contributed by atoms with E-state index in [4.69, 9.17) is 13.9 Å². The smallest absolute Gasteiger partial charge is 0.416 e. The van der Waals surface area contributed by atoms with E-state index < -0.39 is 12.2 Å². The van der Waals surface area contributed by atoms with Crippen LogP contribution < -0.4 is 10.1 Å². The third kappa shape index (κ3) is 2.50. The van der Waals surface area contributed by atoms with Crippen LogP contribution in [0, 0.1) is 0 Å². The van der Waals surface area contributed by atoms with Crippen molar-refractivity contribution in [1.82, 2.24) is 4.98 Å². The number of oxazole rings is 1. The van der Waals surface area contributed by atoms with Crippen molar-refractivity contribution in [1.29, 1.82) is 0 Å². The number of aromatic nitrogens is 1. The molecular formula is C17H12N2O4. The molecule has 1 aromatic heterocycles. The first-order valence-corrected chi connectivity index (χ1v) is 7.04. The fourth-order valence-electron chi connectivity index (χ4n) is 2.50. The molecule has 23 heavy (non-hydrogen) atoms. The summed E-state index contributed by atoms with van der Waals surface area (Å²) in [6.07, 6.45) is 1.60. The molecule has 0 atom stereocenters. The molecule has 2 heterocycles. The summed E-state index contributed by atoms with van der Waals surface area (Å²) in [5.74, 6) is 1.33. The van der Waals surface area contributed by atoms with Crippen LogP contribution in [0.5, 0.6) is 11.5 Å². The molecule has 0 fully saturated rings. The molecule has 114 valence electrons. The summed E-state index contributed by atoms with van der Waals surface area (Å²) in [6, 6.07) is 15.0. The van der Waals surface area contributed by atoms with Crippen LogP contribution in [0.25, 0.3) is 0 Å². The molecule has 0 spiro atoms. The Bertz CT molecular complexity index is 800. The van der Waals surface area contributed by atoms with Gasteiger partial charge in [0, 0.05) is 11.1 Å². The highest BCUT2D eigenvalue weighted by atomic mass is 16.6. The quantitative estimate of drug-likeness (QED) is 0.771. The Morgan fingerprint density at radius 1 is 1.04 bits per heavy atom. The predicted octanol–water partition coefficient (Wildman–Crippen LogP) is 4.12. The number of rotatable bonds is 2. The van der Waals surface area contributed by atoms with Crippen LogP contribution in [0.3, 0.4) is 0 Å². The molecule has 0 radical (unpaired) electrons. The van der Waals surface area contributed by atoms with Crippen molar-refractivity contribution in [3.05, 3.63) is 72.1 Å². The minimum atomic E-state index is -0.649. The van der Waals surface area contributed by atoms with Crippen molar-refractivity contribution >= 4 is 12.1 Å². The van der Waals surface area contributed by atoms with Crippen LogP contribution in [0.1, 0.15) is 17.2 Å². The molecule has 0 bridgehead atoms. The second-order valence-corrected chi connectivity index (χ2v) is 4.93. The highest BCUT2D eigenvalue weighted by Gasteiger charge is 2.30. The Kier molecular flexibility index (Phi) is 3.20. The largest absolute Gasteiger partial charge is 0.456 e. The van der Waals surface area contributed by atoms with E-state index in [1.54, 1.807) is 0 Å². The Morgan fingerprint density at radius 3 is 2.30 bits per heavy atom. The Morgan fingerprint density at radius 2 is 1.70 bits per heavy atom. The summed E-state index contributed by atoms with van der Waals surface area (Å²) in [7, 11) is 0. The molecule has 1 amide bonds. The lowest BCUT2D eigenvalue weighted by Crippen LogP contribution is -2.21. The summed E-state index contributed by atoms with van der Waals surface area (Å²) in [6.45, 7) is 0.